The van der Waals surface area contributed by atoms with Crippen molar-refractivity contribution in [1.82, 2.24) is 9.88 Å². The van der Waals surface area contributed by atoms with Crippen LogP contribution in [0.15, 0.2) is 18.2 Å². The molecule has 0 radical (unpaired) electrons. The lowest BCUT2D eigenvalue weighted by molar-refractivity contribution is 0.268. The molecule has 0 bridgehead atoms. The Morgan fingerprint density at radius 2 is 2.17 bits per heavy atom. The number of nitrogens with one attached hydrogen (secondary N) is 1. The molecule has 96 valence electrons. The minimum atomic E-state index is 0.655. The molecule has 18 heavy (non-hydrogen) atoms. The summed E-state index contributed by atoms with van der Waals surface area (Å²) in [7, 11) is 6.07. The van der Waals surface area contributed by atoms with E-state index in [1.807, 2.05) is 6.07 Å². The van der Waals surface area contributed by atoms with Crippen LogP contribution < -0.4 is 4.74 Å². The smallest absolute Gasteiger partial charge is 0.119 e. The Morgan fingerprint density at radius 1 is 1.33 bits per heavy atom. The van der Waals surface area contributed by atoms with E-state index >= 15 is 0 Å². The summed E-state index contributed by atoms with van der Waals surface area (Å²) < 4.78 is 5.33. The lowest BCUT2D eigenvalue weighted by Crippen LogP contribution is -2.33. The Kier molecular flexibility index (Phi) is 2.78. The van der Waals surface area contributed by atoms with Gasteiger partial charge < -0.3 is 14.6 Å². The first-order chi connectivity index (χ1) is 8.69. The topological polar surface area (TPSA) is 28.3 Å². The summed E-state index contributed by atoms with van der Waals surface area (Å²) in [4.78, 5) is 5.89. The zero-order chi connectivity index (χ0) is 12.7. The fraction of sp³-hybridized carbons (Fsp3) is 0.467. The van der Waals surface area contributed by atoms with Crippen LogP contribution in [0.3, 0.4) is 0 Å². The van der Waals surface area contributed by atoms with Gasteiger partial charge in [-0.05, 0) is 57.1 Å². The molecule has 2 aromatic rings. The van der Waals surface area contributed by atoms with Gasteiger partial charge in [-0.25, -0.2) is 0 Å². The minimum absolute atomic E-state index is 0.655. The van der Waals surface area contributed by atoms with Crippen LogP contribution in [0.5, 0.6) is 5.75 Å². The van der Waals surface area contributed by atoms with E-state index in [2.05, 4.69) is 36.1 Å². The number of hydrogen-bond donors (Lipinski definition) is 1. The number of nitrogens with zero attached hydrogens (tertiary/aromatic N) is 1. The van der Waals surface area contributed by atoms with Crippen LogP contribution in [0.4, 0.5) is 0 Å². The van der Waals surface area contributed by atoms with E-state index in [1.165, 1.54) is 28.6 Å². The van der Waals surface area contributed by atoms with Gasteiger partial charge in [-0.3, -0.25) is 0 Å². The highest BCUT2D eigenvalue weighted by atomic mass is 16.5. The van der Waals surface area contributed by atoms with Crippen molar-refractivity contribution in [3.8, 4) is 5.75 Å². The molecule has 1 aliphatic carbocycles. The number of fused-ring (bicyclic) bond motifs is 3. The number of aromatic nitrogens is 1. The van der Waals surface area contributed by atoms with Gasteiger partial charge in [0.05, 0.1) is 7.11 Å². The van der Waals surface area contributed by atoms with Crippen LogP contribution in [0.25, 0.3) is 10.9 Å². The molecule has 0 saturated carbocycles. The third-order valence-corrected chi connectivity index (χ3v) is 4.10. The third kappa shape index (κ3) is 1.79. The van der Waals surface area contributed by atoms with Crippen LogP contribution in [0, 0.1) is 0 Å². The number of methoxy groups -OCH3 is 1. The second-order valence-electron chi connectivity index (χ2n) is 5.35. The summed E-state index contributed by atoms with van der Waals surface area (Å²) in [6.07, 6.45) is 3.52. The van der Waals surface area contributed by atoms with Crippen molar-refractivity contribution in [2.45, 2.75) is 25.3 Å². The Labute approximate surface area is 108 Å². The number of rotatable bonds is 2. The predicted molar refractivity (Wildman–Crippen MR) is 74.4 cm³/mol. The number of aromatic amines is 1. The first-order valence-electron chi connectivity index (χ1n) is 6.53. The maximum atomic E-state index is 5.33. The van der Waals surface area contributed by atoms with E-state index in [9.17, 15) is 0 Å². The quantitative estimate of drug-likeness (QED) is 0.879. The Balaban J connectivity index is 2.08. The van der Waals surface area contributed by atoms with Gasteiger partial charge in [0.2, 0.25) is 0 Å². The largest absolute Gasteiger partial charge is 0.497 e. The van der Waals surface area contributed by atoms with E-state index in [1.54, 1.807) is 7.11 Å². The van der Waals surface area contributed by atoms with Gasteiger partial charge in [0.15, 0.2) is 0 Å². The Hall–Kier alpha value is -1.48. The molecule has 3 rings (SSSR count). The van der Waals surface area contributed by atoms with Crippen molar-refractivity contribution in [2.24, 2.45) is 0 Å². The average Bonchev–Trinajstić information content (AvgIpc) is 2.75. The molecule has 3 nitrogen and oxygen atoms in total. The third-order valence-electron chi connectivity index (χ3n) is 4.10. The van der Waals surface area contributed by atoms with Crippen molar-refractivity contribution in [1.29, 1.82) is 0 Å². The average molecular weight is 244 g/mol. The van der Waals surface area contributed by atoms with E-state index in [0.717, 1.165) is 18.6 Å². The highest BCUT2D eigenvalue weighted by Crippen LogP contribution is 2.32. The minimum Gasteiger partial charge on any atom is -0.497 e. The number of likely N-dealkylation sites (N-methyl/N-ethyl adjacent to an activating group) is 1. The van der Waals surface area contributed by atoms with Crippen molar-refractivity contribution < 1.29 is 4.74 Å². The Bertz CT molecular complexity index is 571. The Morgan fingerprint density at radius 3 is 2.89 bits per heavy atom. The fourth-order valence-electron chi connectivity index (χ4n) is 2.95. The second kappa shape index (κ2) is 4.32. The summed E-state index contributed by atoms with van der Waals surface area (Å²) in [6, 6.07) is 6.95. The highest BCUT2D eigenvalue weighted by Gasteiger charge is 2.23. The maximum absolute atomic E-state index is 5.33. The predicted octanol–water partition coefficient (Wildman–Crippen LogP) is 2.60. The zero-order valence-corrected chi connectivity index (χ0v) is 11.3. The van der Waals surface area contributed by atoms with E-state index in [4.69, 9.17) is 4.74 Å². The molecule has 0 amide bonds. The van der Waals surface area contributed by atoms with Crippen LogP contribution >= 0.6 is 0 Å². The summed E-state index contributed by atoms with van der Waals surface area (Å²) in [5, 5.41) is 1.33. The molecule has 1 atom stereocenters. The molecule has 3 heteroatoms. The van der Waals surface area contributed by atoms with Gasteiger partial charge in [-0.1, -0.05) is 0 Å². The van der Waals surface area contributed by atoms with Crippen molar-refractivity contribution >= 4 is 10.9 Å². The van der Waals surface area contributed by atoms with Gasteiger partial charge in [-0.2, -0.15) is 0 Å². The highest BCUT2D eigenvalue weighted by molar-refractivity contribution is 5.86. The maximum Gasteiger partial charge on any atom is 0.119 e. The molecule has 0 saturated heterocycles. The van der Waals surface area contributed by atoms with Gasteiger partial charge in [0.25, 0.3) is 0 Å². The molecule has 1 aromatic carbocycles. The first-order valence-corrected chi connectivity index (χ1v) is 6.53. The van der Waals surface area contributed by atoms with Crippen LogP contribution in [-0.4, -0.2) is 37.1 Å². The molecule has 0 unspecified atom stereocenters. The molecule has 1 aliphatic rings. The van der Waals surface area contributed by atoms with Crippen LogP contribution in [0.1, 0.15) is 17.7 Å². The molecular formula is C15H20N2O. The fourth-order valence-corrected chi connectivity index (χ4v) is 2.95. The standard InChI is InChI=1S/C15H20N2O/c1-17(2)10-4-6-14-12(8-10)13-9-11(18-3)5-7-15(13)16-14/h5,7,9-10,16H,4,6,8H2,1-3H3/t10-/m1/s1. The molecule has 1 heterocycles. The molecule has 1 N–H and O–H groups in total. The summed E-state index contributed by atoms with van der Waals surface area (Å²) in [5.74, 6) is 0.941. The lowest BCUT2D eigenvalue weighted by atomic mass is 9.91. The van der Waals surface area contributed by atoms with Gasteiger partial charge in [0.1, 0.15) is 5.75 Å². The second-order valence-corrected chi connectivity index (χ2v) is 5.35. The lowest BCUT2D eigenvalue weighted by Gasteiger charge is -2.28. The van der Waals surface area contributed by atoms with Gasteiger partial charge in [0, 0.05) is 22.6 Å². The summed E-state index contributed by atoms with van der Waals surface area (Å²) in [5.41, 5.74) is 4.13. The van der Waals surface area contributed by atoms with Gasteiger partial charge in [-0.15, -0.1) is 0 Å². The van der Waals surface area contributed by atoms with Crippen molar-refractivity contribution in [3.63, 3.8) is 0 Å². The molecule has 1 aromatic heterocycles. The van der Waals surface area contributed by atoms with E-state index in [0.29, 0.717) is 6.04 Å². The number of aryl methyl sites for hydroxylation is 1. The number of benzene rings is 1. The van der Waals surface area contributed by atoms with Crippen LogP contribution in [-0.2, 0) is 12.8 Å². The zero-order valence-electron chi connectivity index (χ0n) is 11.3. The first kappa shape index (κ1) is 11.6. The summed E-state index contributed by atoms with van der Waals surface area (Å²) >= 11 is 0. The molecule has 0 spiro atoms. The van der Waals surface area contributed by atoms with Crippen LogP contribution in [0.2, 0.25) is 0 Å². The molecule has 0 aliphatic heterocycles. The molecule has 0 fully saturated rings. The number of ether oxygens (including phenoxy) is 1. The SMILES string of the molecule is COc1ccc2[nH]c3c(c2c1)C[C@H](N(C)C)CC3. The van der Waals surface area contributed by atoms with Gasteiger partial charge >= 0.3 is 0 Å². The monoisotopic (exact) mass is 244 g/mol. The number of hydrogen-bond acceptors (Lipinski definition) is 2. The van der Waals surface area contributed by atoms with E-state index in [-0.39, 0.29) is 0 Å². The molecular weight excluding hydrogens is 224 g/mol. The van der Waals surface area contributed by atoms with Crippen molar-refractivity contribution in [2.75, 3.05) is 21.2 Å². The summed E-state index contributed by atoms with van der Waals surface area (Å²) in [6.45, 7) is 0. The van der Waals surface area contributed by atoms with Crippen molar-refractivity contribution in [3.05, 3.63) is 29.5 Å². The normalized spacial score (nSPS) is 19.2. The van der Waals surface area contributed by atoms with E-state index < -0.39 is 0 Å². The number of H-pyrrole nitrogens is 1.